The number of ketones is 2. The zero-order valence-electron chi connectivity index (χ0n) is 11.5. The molecule has 2 heteroatoms. The second-order valence-corrected chi connectivity index (χ2v) is 5.22. The summed E-state index contributed by atoms with van der Waals surface area (Å²) in [5.74, 6) is -0.694. The van der Waals surface area contributed by atoms with E-state index in [9.17, 15) is 9.59 Å². The predicted molar refractivity (Wildman–Crippen MR) is 80.8 cm³/mol. The largest absolute Gasteiger partial charge is 0.285 e. The Kier molecular flexibility index (Phi) is 3.23. The molecule has 0 fully saturated rings. The van der Waals surface area contributed by atoms with Crippen LogP contribution < -0.4 is 0 Å². The Hall–Kier alpha value is -2.22. The van der Waals surface area contributed by atoms with Crippen LogP contribution in [0.1, 0.15) is 42.1 Å². The third kappa shape index (κ3) is 2.07. The van der Waals surface area contributed by atoms with Crippen LogP contribution in [0.3, 0.4) is 0 Å². The molecule has 0 saturated carbocycles. The number of fused-ring (bicyclic) bond motifs is 2. The van der Waals surface area contributed by atoms with E-state index in [0.29, 0.717) is 17.6 Å². The van der Waals surface area contributed by atoms with E-state index in [1.807, 2.05) is 42.5 Å². The van der Waals surface area contributed by atoms with E-state index in [4.69, 9.17) is 0 Å². The van der Waals surface area contributed by atoms with Crippen LogP contribution in [0.4, 0.5) is 0 Å². The topological polar surface area (TPSA) is 34.1 Å². The van der Waals surface area contributed by atoms with Crippen molar-refractivity contribution >= 4 is 28.4 Å². The van der Waals surface area contributed by atoms with E-state index in [2.05, 4.69) is 6.92 Å². The summed E-state index contributed by atoms with van der Waals surface area (Å²) in [6.07, 6.45) is 4.53. The van der Waals surface area contributed by atoms with Crippen molar-refractivity contribution in [1.29, 1.82) is 0 Å². The lowest BCUT2D eigenvalue weighted by Gasteiger charge is -2.15. The van der Waals surface area contributed by atoms with E-state index in [1.54, 1.807) is 0 Å². The van der Waals surface area contributed by atoms with Gasteiger partial charge in [-0.05, 0) is 47.4 Å². The van der Waals surface area contributed by atoms with Gasteiger partial charge in [-0.1, -0.05) is 37.6 Å². The van der Waals surface area contributed by atoms with Crippen LogP contribution in [0.2, 0.25) is 0 Å². The van der Waals surface area contributed by atoms with Crippen molar-refractivity contribution in [3.05, 3.63) is 53.1 Å². The summed E-state index contributed by atoms with van der Waals surface area (Å²) >= 11 is 0. The Morgan fingerprint density at radius 1 is 0.950 bits per heavy atom. The van der Waals surface area contributed by atoms with Crippen molar-refractivity contribution in [2.75, 3.05) is 0 Å². The number of hydrogen-bond acceptors (Lipinski definition) is 2. The number of unbranched alkanes of at least 4 members (excludes halogenated alkanes) is 1. The summed E-state index contributed by atoms with van der Waals surface area (Å²) in [5.41, 5.74) is 2.06. The normalized spacial score (nSPS) is 14.3. The highest BCUT2D eigenvalue weighted by Gasteiger charge is 2.27. The molecule has 2 aromatic rings. The Bertz CT molecular complexity index is 738. The molecule has 100 valence electrons. The van der Waals surface area contributed by atoms with Gasteiger partial charge in [-0.3, -0.25) is 9.59 Å². The molecule has 1 aliphatic carbocycles. The lowest BCUT2D eigenvalue weighted by atomic mass is 9.86. The summed E-state index contributed by atoms with van der Waals surface area (Å²) < 4.78 is 0. The minimum atomic E-state index is -0.362. The van der Waals surface area contributed by atoms with Crippen LogP contribution in [-0.2, 0) is 4.79 Å². The maximum atomic E-state index is 12.2. The molecule has 0 radical (unpaired) electrons. The Morgan fingerprint density at radius 2 is 1.65 bits per heavy atom. The van der Waals surface area contributed by atoms with Gasteiger partial charge in [-0.25, -0.2) is 0 Å². The summed E-state index contributed by atoms with van der Waals surface area (Å²) in [5, 5.41) is 2.09. The number of carbonyl (C=O) groups is 2. The van der Waals surface area contributed by atoms with Gasteiger partial charge in [0.25, 0.3) is 0 Å². The van der Waals surface area contributed by atoms with Gasteiger partial charge in [0.15, 0.2) is 0 Å². The molecule has 0 heterocycles. The highest BCUT2D eigenvalue weighted by Crippen LogP contribution is 2.28. The van der Waals surface area contributed by atoms with E-state index in [-0.39, 0.29) is 11.6 Å². The fourth-order valence-electron chi connectivity index (χ4n) is 2.65. The SMILES string of the molecule is CCCCC1=Cc2cc3ccccc3cc2C(=O)C1=O. The highest BCUT2D eigenvalue weighted by molar-refractivity contribution is 6.52. The number of carbonyl (C=O) groups excluding carboxylic acids is 2. The standard InChI is InChI=1S/C18H16O2/c1-2-3-6-14-10-15-9-12-7-4-5-8-13(12)11-16(15)18(20)17(14)19/h4-5,7-11H,2-3,6H2,1H3. The molecule has 3 rings (SSSR count). The van der Waals surface area contributed by atoms with Gasteiger partial charge in [-0.15, -0.1) is 0 Å². The molecule has 0 bridgehead atoms. The minimum Gasteiger partial charge on any atom is -0.285 e. The average molecular weight is 264 g/mol. The fraction of sp³-hybridized carbons (Fsp3) is 0.222. The van der Waals surface area contributed by atoms with Crippen molar-refractivity contribution in [1.82, 2.24) is 0 Å². The van der Waals surface area contributed by atoms with Gasteiger partial charge < -0.3 is 0 Å². The third-order valence-corrected chi connectivity index (χ3v) is 3.79. The first-order chi connectivity index (χ1) is 9.70. The summed E-state index contributed by atoms with van der Waals surface area (Å²) in [7, 11) is 0. The maximum absolute atomic E-state index is 12.2. The van der Waals surface area contributed by atoms with Crippen LogP contribution in [0.25, 0.3) is 16.8 Å². The Labute approximate surface area is 118 Å². The molecule has 0 unspecified atom stereocenters. The van der Waals surface area contributed by atoms with Crippen LogP contribution >= 0.6 is 0 Å². The van der Waals surface area contributed by atoms with Gasteiger partial charge in [0.05, 0.1) is 0 Å². The molecule has 0 amide bonds. The molecule has 0 atom stereocenters. The first-order valence-electron chi connectivity index (χ1n) is 7.03. The fourth-order valence-corrected chi connectivity index (χ4v) is 2.65. The highest BCUT2D eigenvalue weighted by atomic mass is 16.2. The molecule has 2 nitrogen and oxygen atoms in total. The third-order valence-electron chi connectivity index (χ3n) is 3.79. The molecule has 1 aliphatic rings. The zero-order valence-corrected chi connectivity index (χ0v) is 11.5. The monoisotopic (exact) mass is 264 g/mol. The second-order valence-electron chi connectivity index (χ2n) is 5.22. The quantitative estimate of drug-likeness (QED) is 0.779. The Morgan fingerprint density at radius 3 is 2.35 bits per heavy atom. The van der Waals surface area contributed by atoms with E-state index >= 15 is 0 Å². The molecular weight excluding hydrogens is 248 g/mol. The van der Waals surface area contributed by atoms with Gasteiger partial charge in [0, 0.05) is 11.1 Å². The molecule has 0 saturated heterocycles. The first kappa shape index (κ1) is 12.8. The van der Waals surface area contributed by atoms with E-state index in [0.717, 1.165) is 29.2 Å². The molecule has 0 N–H and O–H groups in total. The maximum Gasteiger partial charge on any atom is 0.233 e. The van der Waals surface area contributed by atoms with Crippen LogP contribution in [0.5, 0.6) is 0 Å². The minimum absolute atomic E-state index is 0.332. The van der Waals surface area contributed by atoms with Gasteiger partial charge in [-0.2, -0.15) is 0 Å². The lowest BCUT2D eigenvalue weighted by molar-refractivity contribution is -0.112. The van der Waals surface area contributed by atoms with Crippen molar-refractivity contribution < 1.29 is 9.59 Å². The Balaban J connectivity index is 2.15. The summed E-state index contributed by atoms with van der Waals surface area (Å²) in [6, 6.07) is 11.7. The van der Waals surface area contributed by atoms with Crippen molar-refractivity contribution in [3.63, 3.8) is 0 Å². The first-order valence-corrected chi connectivity index (χ1v) is 7.03. The van der Waals surface area contributed by atoms with Gasteiger partial charge in [0.1, 0.15) is 0 Å². The van der Waals surface area contributed by atoms with Crippen LogP contribution in [0.15, 0.2) is 42.0 Å². The zero-order chi connectivity index (χ0) is 14.1. The molecule has 0 spiro atoms. The average Bonchev–Trinajstić information content (AvgIpc) is 2.48. The molecular formula is C18H16O2. The molecule has 2 aromatic carbocycles. The predicted octanol–water partition coefficient (Wildman–Crippen LogP) is 4.18. The summed E-state index contributed by atoms with van der Waals surface area (Å²) in [4.78, 5) is 24.4. The van der Waals surface area contributed by atoms with Gasteiger partial charge in [0.2, 0.25) is 11.6 Å². The smallest absolute Gasteiger partial charge is 0.233 e. The second kappa shape index (κ2) is 5.04. The molecule has 0 aliphatic heterocycles. The van der Waals surface area contributed by atoms with Crippen LogP contribution in [0, 0.1) is 0 Å². The van der Waals surface area contributed by atoms with Crippen LogP contribution in [-0.4, -0.2) is 11.6 Å². The number of Topliss-reactive ketones (excluding diaryl/α,β-unsaturated/α-hetero) is 2. The number of allylic oxidation sites excluding steroid dienone is 1. The molecule has 20 heavy (non-hydrogen) atoms. The lowest BCUT2D eigenvalue weighted by Crippen LogP contribution is -2.21. The van der Waals surface area contributed by atoms with Crippen molar-refractivity contribution in [3.8, 4) is 0 Å². The number of rotatable bonds is 3. The van der Waals surface area contributed by atoms with Crippen molar-refractivity contribution in [2.45, 2.75) is 26.2 Å². The van der Waals surface area contributed by atoms with Crippen molar-refractivity contribution in [2.24, 2.45) is 0 Å². The number of hydrogen-bond donors (Lipinski definition) is 0. The van der Waals surface area contributed by atoms with E-state index in [1.165, 1.54) is 0 Å². The summed E-state index contributed by atoms with van der Waals surface area (Å²) in [6.45, 7) is 2.08. The van der Waals surface area contributed by atoms with E-state index < -0.39 is 0 Å². The number of benzene rings is 2. The van der Waals surface area contributed by atoms with Gasteiger partial charge >= 0.3 is 0 Å². The molecule has 0 aromatic heterocycles.